The van der Waals surface area contributed by atoms with Gasteiger partial charge in [-0.3, -0.25) is 0 Å². The first-order valence-corrected chi connectivity index (χ1v) is 16.2. The lowest BCUT2D eigenvalue weighted by Gasteiger charge is -2.40. The lowest BCUT2D eigenvalue weighted by atomic mass is 9.79. The number of rotatable bonds is 19. The molecule has 0 amide bonds. The summed E-state index contributed by atoms with van der Waals surface area (Å²) >= 11 is 0. The maximum atomic E-state index is 12.1. The molecule has 45 heavy (non-hydrogen) atoms. The molecule has 242 valence electrons. The van der Waals surface area contributed by atoms with Crippen molar-refractivity contribution in [1.82, 2.24) is 4.67 Å². The summed E-state index contributed by atoms with van der Waals surface area (Å²) in [6.45, 7) is 8.22. The molecule has 3 aromatic carbocycles. The topological polar surface area (TPSA) is 110 Å². The third kappa shape index (κ3) is 9.34. The predicted molar refractivity (Wildman–Crippen MR) is 175 cm³/mol. The van der Waals surface area contributed by atoms with Gasteiger partial charge in [-0.15, -0.1) is 0 Å². The van der Waals surface area contributed by atoms with Crippen molar-refractivity contribution in [2.24, 2.45) is 0 Å². The van der Waals surface area contributed by atoms with Gasteiger partial charge in [0.2, 0.25) is 0 Å². The Bertz CT molecular complexity index is 1280. The van der Waals surface area contributed by atoms with Gasteiger partial charge in [-0.25, -0.2) is 4.67 Å². The third-order valence-corrected chi connectivity index (χ3v) is 9.35. The van der Waals surface area contributed by atoms with E-state index in [2.05, 4.69) is 10.7 Å². The van der Waals surface area contributed by atoms with Crippen LogP contribution in [0.3, 0.4) is 0 Å². The zero-order valence-electron chi connectivity index (χ0n) is 27.0. The summed E-state index contributed by atoms with van der Waals surface area (Å²) in [7, 11) is 1.60. The van der Waals surface area contributed by atoms with E-state index in [9.17, 15) is 9.90 Å². The number of carbonyl (C=O) groups excluding carboxylic acids is 1. The quantitative estimate of drug-likeness (QED) is 0.0672. The van der Waals surface area contributed by atoms with Crippen molar-refractivity contribution < 1.29 is 33.2 Å². The molecule has 1 N–H and O–H groups in total. The molecule has 0 saturated carbocycles. The number of hydrogen-bond donors (Lipinski definition) is 1. The highest BCUT2D eigenvalue weighted by Crippen LogP contribution is 2.47. The summed E-state index contributed by atoms with van der Waals surface area (Å²) in [6, 6.07) is 27.1. The molecule has 3 rings (SSSR count). The van der Waals surface area contributed by atoms with Crippen LogP contribution in [0, 0.1) is 11.3 Å². The highest BCUT2D eigenvalue weighted by Gasteiger charge is 2.42. The van der Waals surface area contributed by atoms with Gasteiger partial charge in [-0.1, -0.05) is 54.6 Å². The molecule has 0 aliphatic carbocycles. The fourth-order valence-electron chi connectivity index (χ4n) is 5.19. The van der Waals surface area contributed by atoms with Crippen LogP contribution in [-0.2, 0) is 24.2 Å². The molecule has 10 heteroatoms. The van der Waals surface area contributed by atoms with E-state index in [0.717, 1.165) is 23.0 Å². The molecular weight excluding hydrogens is 591 g/mol. The summed E-state index contributed by atoms with van der Waals surface area (Å²) in [4.78, 5) is 12.1. The fraction of sp³-hybridized carbons (Fsp3) is 0.429. The number of carbonyl (C=O) groups is 1. The van der Waals surface area contributed by atoms with E-state index in [0.29, 0.717) is 11.5 Å². The van der Waals surface area contributed by atoms with Crippen LogP contribution in [0.4, 0.5) is 0 Å². The highest BCUT2D eigenvalue weighted by molar-refractivity contribution is 7.44. The van der Waals surface area contributed by atoms with Gasteiger partial charge in [0.05, 0.1) is 46.0 Å². The number of aliphatic hydroxyl groups is 1. The third-order valence-electron chi connectivity index (χ3n) is 7.28. The molecule has 0 saturated heterocycles. The van der Waals surface area contributed by atoms with Crippen molar-refractivity contribution in [1.29, 1.82) is 5.26 Å². The molecule has 1 unspecified atom stereocenters. The molecule has 0 heterocycles. The molecule has 9 nitrogen and oxygen atoms in total. The molecular formula is C35H45N2O7P. The number of nitriles is 1. The van der Waals surface area contributed by atoms with Gasteiger partial charge in [-0.2, -0.15) is 5.26 Å². The first kappa shape index (κ1) is 36.1. The van der Waals surface area contributed by atoms with Crippen molar-refractivity contribution in [3.63, 3.8) is 0 Å². The summed E-state index contributed by atoms with van der Waals surface area (Å²) < 4.78 is 32.2. The van der Waals surface area contributed by atoms with Crippen molar-refractivity contribution in [3.8, 4) is 17.6 Å². The second kappa shape index (κ2) is 18.0. The van der Waals surface area contributed by atoms with Gasteiger partial charge >= 0.3 is 0 Å². The maximum Gasteiger partial charge on any atom is 0.259 e. The standard InChI is InChI=1S/C35H45N2O7P/c1-26(2)37(27(3)4)45(42-24-10-22-36)43-25-33(39)34(21-23-38)44-35(28-11-8-7-9-12-28,29-13-17-31(40-5)18-14-29)30-15-19-32(41-6)20-16-30/h7-9,11-20,23,26-27,33-34,39H,10,21,24-25H2,1-6H3/t33-,34+,45?/m1/s1. The molecule has 0 aromatic heterocycles. The van der Waals surface area contributed by atoms with Crippen LogP contribution in [0.5, 0.6) is 11.5 Å². The summed E-state index contributed by atoms with van der Waals surface area (Å²) in [6.07, 6.45) is -1.28. The van der Waals surface area contributed by atoms with E-state index < -0.39 is 26.3 Å². The van der Waals surface area contributed by atoms with E-state index >= 15 is 0 Å². The minimum absolute atomic E-state index is 0.0866. The lowest BCUT2D eigenvalue weighted by molar-refractivity contribution is -0.128. The molecule has 0 fully saturated rings. The molecule has 0 radical (unpaired) electrons. The zero-order valence-corrected chi connectivity index (χ0v) is 27.9. The highest BCUT2D eigenvalue weighted by atomic mass is 31.2. The number of aldehydes is 1. The lowest BCUT2D eigenvalue weighted by Crippen LogP contribution is -2.43. The Kier molecular flexibility index (Phi) is 14.4. The Hall–Kier alpha value is -3.35. The van der Waals surface area contributed by atoms with Gasteiger partial charge in [0.15, 0.2) is 0 Å². The largest absolute Gasteiger partial charge is 0.497 e. The second-order valence-electron chi connectivity index (χ2n) is 11.0. The van der Waals surface area contributed by atoms with Crippen LogP contribution in [0.15, 0.2) is 78.9 Å². The van der Waals surface area contributed by atoms with Crippen LogP contribution < -0.4 is 9.47 Å². The smallest absolute Gasteiger partial charge is 0.259 e. The van der Waals surface area contributed by atoms with Crippen molar-refractivity contribution in [2.75, 3.05) is 27.4 Å². The predicted octanol–water partition coefficient (Wildman–Crippen LogP) is 6.62. The summed E-state index contributed by atoms with van der Waals surface area (Å²) in [5.41, 5.74) is 1.12. The van der Waals surface area contributed by atoms with Crippen LogP contribution in [0.2, 0.25) is 0 Å². The van der Waals surface area contributed by atoms with Gasteiger partial charge < -0.3 is 33.2 Å². The number of aliphatic hydroxyl groups excluding tert-OH is 1. The van der Waals surface area contributed by atoms with Crippen LogP contribution in [0.25, 0.3) is 0 Å². The van der Waals surface area contributed by atoms with Gasteiger partial charge in [-0.05, 0) is 68.7 Å². The monoisotopic (exact) mass is 636 g/mol. The Balaban J connectivity index is 2.07. The second-order valence-corrected chi connectivity index (χ2v) is 12.4. The Morgan fingerprint density at radius 1 is 0.844 bits per heavy atom. The average molecular weight is 637 g/mol. The van der Waals surface area contributed by atoms with E-state index in [1.165, 1.54) is 0 Å². The van der Waals surface area contributed by atoms with Crippen molar-refractivity contribution >= 4 is 14.8 Å². The Morgan fingerprint density at radius 3 is 1.80 bits per heavy atom. The number of benzene rings is 3. The van der Waals surface area contributed by atoms with Crippen LogP contribution >= 0.6 is 8.53 Å². The van der Waals surface area contributed by atoms with Gasteiger partial charge in [0.1, 0.15) is 29.5 Å². The Labute approximate surface area is 268 Å². The van der Waals surface area contributed by atoms with E-state index in [-0.39, 0.29) is 38.1 Å². The van der Waals surface area contributed by atoms with Crippen molar-refractivity contribution in [3.05, 3.63) is 95.6 Å². The first-order valence-electron chi connectivity index (χ1n) is 15.1. The Morgan fingerprint density at radius 2 is 1.36 bits per heavy atom. The zero-order chi connectivity index (χ0) is 32.8. The SMILES string of the molecule is COc1ccc(C(O[C@@H](CC=O)[C@H](O)COP(OCCC#N)N(C(C)C)C(C)C)(c2ccccc2)c2ccc(OC)cc2)cc1. The minimum atomic E-state index is -1.61. The van der Waals surface area contributed by atoms with Crippen LogP contribution in [-0.4, -0.2) is 67.8 Å². The van der Waals surface area contributed by atoms with Gasteiger partial charge in [0.25, 0.3) is 8.53 Å². The molecule has 3 aromatic rings. The van der Waals surface area contributed by atoms with Gasteiger partial charge in [0, 0.05) is 18.5 Å². The van der Waals surface area contributed by atoms with E-state index in [1.807, 2.05) is 107 Å². The molecule has 0 aliphatic heterocycles. The number of hydrogen-bond acceptors (Lipinski definition) is 9. The normalized spacial score (nSPS) is 13.8. The van der Waals surface area contributed by atoms with Crippen molar-refractivity contribution in [2.45, 2.75) is 70.4 Å². The fourth-order valence-corrected chi connectivity index (χ4v) is 6.82. The average Bonchev–Trinajstić information content (AvgIpc) is 3.05. The first-order chi connectivity index (χ1) is 21.7. The maximum absolute atomic E-state index is 12.1. The number of ether oxygens (including phenoxy) is 3. The molecule has 3 atom stereocenters. The molecule has 0 bridgehead atoms. The number of nitrogens with zero attached hydrogens (tertiary/aromatic N) is 2. The minimum Gasteiger partial charge on any atom is -0.497 e. The molecule has 0 spiro atoms. The van der Waals surface area contributed by atoms with Crippen LogP contribution in [0.1, 0.15) is 57.2 Å². The summed E-state index contributed by atoms with van der Waals surface area (Å²) in [5, 5.41) is 20.7. The van der Waals surface area contributed by atoms with E-state index in [4.69, 9.17) is 28.5 Å². The molecule has 0 aliphatic rings. The summed E-state index contributed by atoms with van der Waals surface area (Å²) in [5.74, 6) is 1.36. The number of methoxy groups -OCH3 is 2. The van der Waals surface area contributed by atoms with E-state index in [1.54, 1.807) is 14.2 Å².